The van der Waals surface area contributed by atoms with Crippen molar-refractivity contribution in [1.29, 1.82) is 0 Å². The molecule has 0 aliphatic heterocycles. The molecule has 0 heterocycles. The molecule has 0 atom stereocenters. The molecule has 0 radical (unpaired) electrons. The van der Waals surface area contributed by atoms with Crippen LogP contribution in [-0.2, 0) is 0 Å². The monoisotopic (exact) mass is 258 g/mol. The average Bonchev–Trinajstić information content (AvgIpc) is 2.27. The van der Waals surface area contributed by atoms with E-state index in [0.717, 1.165) is 36.0 Å². The molecule has 2 N–H and O–H groups in total. The highest BCUT2D eigenvalue weighted by Crippen LogP contribution is 2.27. The number of halogens is 1. The van der Waals surface area contributed by atoms with Gasteiger partial charge in [-0.3, -0.25) is 0 Å². The zero-order valence-corrected chi connectivity index (χ0v) is 11.4. The normalized spacial score (nSPS) is 11.0. The summed E-state index contributed by atoms with van der Waals surface area (Å²) in [7, 11) is 0. The maximum absolute atomic E-state index is 5.88. The van der Waals surface area contributed by atoms with Crippen molar-refractivity contribution in [2.45, 2.75) is 18.7 Å². The summed E-state index contributed by atoms with van der Waals surface area (Å²) in [6, 6.07) is 5.68. The largest absolute Gasteiger partial charge is 0.398 e. The van der Waals surface area contributed by atoms with Crippen LogP contribution in [0.1, 0.15) is 13.8 Å². The van der Waals surface area contributed by atoms with Gasteiger partial charge in [0.1, 0.15) is 0 Å². The number of nitrogen functional groups attached to an aromatic ring is 1. The Morgan fingerprint density at radius 3 is 2.56 bits per heavy atom. The Kier molecular flexibility index (Phi) is 6.03. The van der Waals surface area contributed by atoms with Gasteiger partial charge < -0.3 is 10.6 Å². The van der Waals surface area contributed by atoms with E-state index in [1.807, 2.05) is 12.1 Å². The Balaban J connectivity index is 2.42. The molecule has 1 aromatic carbocycles. The van der Waals surface area contributed by atoms with Gasteiger partial charge in [-0.05, 0) is 31.3 Å². The lowest BCUT2D eigenvalue weighted by atomic mass is 10.3. The summed E-state index contributed by atoms with van der Waals surface area (Å²) in [5.74, 6) is 1.06. The van der Waals surface area contributed by atoms with Gasteiger partial charge in [0.05, 0.1) is 0 Å². The van der Waals surface area contributed by atoms with Crippen LogP contribution in [-0.4, -0.2) is 30.3 Å². The number of benzene rings is 1. The molecular formula is C12H19ClN2S. The topological polar surface area (TPSA) is 29.3 Å². The van der Waals surface area contributed by atoms with Crippen molar-refractivity contribution in [3.63, 3.8) is 0 Å². The fraction of sp³-hybridized carbons (Fsp3) is 0.500. The summed E-state index contributed by atoms with van der Waals surface area (Å²) in [6.07, 6.45) is 0. The molecule has 90 valence electrons. The van der Waals surface area contributed by atoms with Crippen molar-refractivity contribution < 1.29 is 0 Å². The molecule has 0 aliphatic rings. The van der Waals surface area contributed by atoms with E-state index in [1.54, 1.807) is 17.8 Å². The first kappa shape index (κ1) is 13.7. The number of nitrogens with zero attached hydrogens (tertiary/aromatic N) is 1. The molecule has 0 unspecified atom stereocenters. The van der Waals surface area contributed by atoms with Crippen LogP contribution in [0.4, 0.5) is 5.69 Å². The van der Waals surface area contributed by atoms with Crippen molar-refractivity contribution in [3.8, 4) is 0 Å². The van der Waals surface area contributed by atoms with Crippen LogP contribution in [0, 0.1) is 0 Å². The fourth-order valence-electron chi connectivity index (χ4n) is 1.48. The molecule has 0 saturated carbocycles. The number of thioether (sulfide) groups is 1. The lowest BCUT2D eigenvalue weighted by Gasteiger charge is -2.17. The van der Waals surface area contributed by atoms with E-state index in [9.17, 15) is 0 Å². The minimum atomic E-state index is 0.700. The van der Waals surface area contributed by atoms with Crippen LogP contribution in [0.2, 0.25) is 5.02 Å². The van der Waals surface area contributed by atoms with Gasteiger partial charge >= 0.3 is 0 Å². The Bertz CT molecular complexity index is 327. The quantitative estimate of drug-likeness (QED) is 0.627. The van der Waals surface area contributed by atoms with Gasteiger partial charge in [0.2, 0.25) is 0 Å². The van der Waals surface area contributed by atoms with Crippen molar-refractivity contribution in [1.82, 2.24) is 4.90 Å². The van der Waals surface area contributed by atoms with Crippen molar-refractivity contribution in [2.75, 3.05) is 31.1 Å². The second kappa shape index (κ2) is 7.05. The molecule has 0 amide bonds. The van der Waals surface area contributed by atoms with Crippen molar-refractivity contribution >= 4 is 29.1 Å². The third kappa shape index (κ3) is 4.24. The summed E-state index contributed by atoms with van der Waals surface area (Å²) >= 11 is 7.64. The number of rotatable bonds is 6. The van der Waals surface area contributed by atoms with Crippen molar-refractivity contribution in [2.24, 2.45) is 0 Å². The molecule has 0 saturated heterocycles. The third-order valence-corrected chi connectivity index (χ3v) is 3.84. The predicted octanol–water partition coefficient (Wildman–Crippen LogP) is 3.36. The van der Waals surface area contributed by atoms with Gasteiger partial charge in [-0.2, -0.15) is 0 Å². The van der Waals surface area contributed by atoms with Crippen LogP contribution in [0.15, 0.2) is 23.1 Å². The lowest BCUT2D eigenvalue weighted by molar-refractivity contribution is 0.324. The lowest BCUT2D eigenvalue weighted by Crippen LogP contribution is -2.25. The molecule has 2 nitrogen and oxygen atoms in total. The molecule has 1 aromatic rings. The highest BCUT2D eigenvalue weighted by atomic mass is 35.5. The van der Waals surface area contributed by atoms with E-state index in [1.165, 1.54) is 0 Å². The van der Waals surface area contributed by atoms with E-state index in [0.29, 0.717) is 5.02 Å². The highest BCUT2D eigenvalue weighted by molar-refractivity contribution is 7.99. The molecular weight excluding hydrogens is 240 g/mol. The maximum atomic E-state index is 5.88. The summed E-state index contributed by atoms with van der Waals surface area (Å²) in [6.45, 7) is 7.68. The SMILES string of the molecule is CCN(CC)CCSc1ccc(Cl)cc1N. The zero-order valence-electron chi connectivity index (χ0n) is 9.87. The molecule has 16 heavy (non-hydrogen) atoms. The molecule has 0 bridgehead atoms. The van der Waals surface area contributed by atoms with Gasteiger partial charge in [-0.1, -0.05) is 25.4 Å². The molecule has 0 aromatic heterocycles. The van der Waals surface area contributed by atoms with Gasteiger partial charge in [0.25, 0.3) is 0 Å². The van der Waals surface area contributed by atoms with Crippen LogP contribution >= 0.6 is 23.4 Å². The first-order valence-electron chi connectivity index (χ1n) is 5.57. The van der Waals surface area contributed by atoms with Gasteiger partial charge in [-0.15, -0.1) is 11.8 Å². The van der Waals surface area contributed by atoms with Crippen LogP contribution in [0.5, 0.6) is 0 Å². The highest BCUT2D eigenvalue weighted by Gasteiger charge is 2.03. The van der Waals surface area contributed by atoms with Crippen LogP contribution in [0.3, 0.4) is 0 Å². The predicted molar refractivity (Wildman–Crippen MR) is 74.4 cm³/mol. The average molecular weight is 259 g/mol. The molecule has 0 fully saturated rings. The number of anilines is 1. The standard InChI is InChI=1S/C12H19ClN2S/c1-3-15(4-2)7-8-16-12-6-5-10(13)9-11(12)14/h5-6,9H,3-4,7-8,14H2,1-2H3. The van der Waals surface area contributed by atoms with E-state index in [-0.39, 0.29) is 0 Å². The second-order valence-corrected chi connectivity index (χ2v) is 5.13. The maximum Gasteiger partial charge on any atom is 0.0467 e. The first-order chi connectivity index (χ1) is 7.67. The summed E-state index contributed by atoms with van der Waals surface area (Å²) in [4.78, 5) is 3.52. The summed E-state index contributed by atoms with van der Waals surface area (Å²) in [5.41, 5.74) is 6.66. The van der Waals surface area contributed by atoms with E-state index in [4.69, 9.17) is 17.3 Å². The van der Waals surface area contributed by atoms with Crippen LogP contribution < -0.4 is 5.73 Å². The van der Waals surface area contributed by atoms with E-state index >= 15 is 0 Å². The number of hydrogen-bond donors (Lipinski definition) is 1. The van der Waals surface area contributed by atoms with Crippen molar-refractivity contribution in [3.05, 3.63) is 23.2 Å². The Labute approximate surface area is 107 Å². The van der Waals surface area contributed by atoms with E-state index in [2.05, 4.69) is 18.7 Å². The Morgan fingerprint density at radius 2 is 2.00 bits per heavy atom. The minimum absolute atomic E-state index is 0.700. The molecule has 0 spiro atoms. The second-order valence-electron chi connectivity index (χ2n) is 3.56. The first-order valence-corrected chi connectivity index (χ1v) is 6.93. The molecule has 4 heteroatoms. The molecule has 1 rings (SSSR count). The molecule has 0 aliphatic carbocycles. The smallest absolute Gasteiger partial charge is 0.0467 e. The zero-order chi connectivity index (χ0) is 12.0. The minimum Gasteiger partial charge on any atom is -0.398 e. The third-order valence-electron chi connectivity index (χ3n) is 2.53. The Morgan fingerprint density at radius 1 is 1.31 bits per heavy atom. The van der Waals surface area contributed by atoms with Gasteiger partial charge in [0.15, 0.2) is 0 Å². The van der Waals surface area contributed by atoms with Gasteiger partial charge in [-0.25, -0.2) is 0 Å². The Hall–Kier alpha value is -0.380. The number of nitrogens with two attached hydrogens (primary N) is 1. The van der Waals surface area contributed by atoms with Gasteiger partial charge in [0, 0.05) is 27.9 Å². The van der Waals surface area contributed by atoms with Crippen LogP contribution in [0.25, 0.3) is 0 Å². The fourth-order valence-corrected chi connectivity index (χ4v) is 2.62. The summed E-state index contributed by atoms with van der Waals surface area (Å²) in [5, 5.41) is 0.700. The summed E-state index contributed by atoms with van der Waals surface area (Å²) < 4.78 is 0. The van der Waals surface area contributed by atoms with E-state index < -0.39 is 0 Å². The number of hydrogen-bond acceptors (Lipinski definition) is 3.